The molecule has 110 valence electrons. The molecular weight excluding hydrogens is 272 g/mol. The lowest BCUT2D eigenvalue weighted by atomic mass is 9.50. The van der Waals surface area contributed by atoms with E-state index >= 15 is 0 Å². The topological polar surface area (TPSA) is 144 Å². The summed E-state index contributed by atoms with van der Waals surface area (Å²) in [5, 5.41) is 39.4. The molecular formula is C14H16N4O3. The van der Waals surface area contributed by atoms with Gasteiger partial charge in [-0.15, -0.1) is 0 Å². The maximum Gasteiger partial charge on any atom is 0.241 e. The second-order valence-corrected chi connectivity index (χ2v) is 5.72. The lowest BCUT2D eigenvalue weighted by Gasteiger charge is -2.56. The molecule has 0 spiro atoms. The third-order valence-electron chi connectivity index (χ3n) is 4.88. The normalized spacial score (nSPS) is 40.9. The first kappa shape index (κ1) is 15.3. The summed E-state index contributed by atoms with van der Waals surface area (Å²) >= 11 is 0. The summed E-state index contributed by atoms with van der Waals surface area (Å²) in [6.07, 6.45) is 0.760. The fourth-order valence-corrected chi connectivity index (χ4v) is 3.78. The van der Waals surface area contributed by atoms with Crippen LogP contribution in [0.4, 0.5) is 0 Å². The van der Waals surface area contributed by atoms with Crippen molar-refractivity contribution in [2.75, 3.05) is 0 Å². The molecule has 1 saturated heterocycles. The predicted octanol–water partition coefficient (Wildman–Crippen LogP) is 0.313. The molecule has 1 aliphatic heterocycles. The van der Waals surface area contributed by atoms with Gasteiger partial charge < -0.3 is 15.6 Å². The summed E-state index contributed by atoms with van der Waals surface area (Å²) in [7, 11) is 0. The molecule has 0 unspecified atom stereocenters. The number of hydrogen-bond donors (Lipinski definition) is 2. The van der Waals surface area contributed by atoms with Crippen molar-refractivity contribution in [3.05, 3.63) is 0 Å². The highest BCUT2D eigenvalue weighted by molar-refractivity contribution is 5.87. The number of ether oxygens (including phenoxy) is 1. The number of hydrogen-bond acceptors (Lipinski definition) is 6. The molecule has 7 nitrogen and oxygen atoms in total. The number of aliphatic hydroxyl groups is 1. The van der Waals surface area contributed by atoms with Crippen LogP contribution in [0.15, 0.2) is 0 Å². The van der Waals surface area contributed by atoms with Gasteiger partial charge in [-0.2, -0.15) is 15.8 Å². The van der Waals surface area contributed by atoms with Gasteiger partial charge in [-0.1, -0.05) is 6.42 Å². The molecule has 3 N–H and O–H groups in total. The molecule has 0 radical (unpaired) electrons. The van der Waals surface area contributed by atoms with E-state index in [2.05, 4.69) is 0 Å². The summed E-state index contributed by atoms with van der Waals surface area (Å²) < 4.78 is 5.53. The number of primary amides is 1. The molecule has 1 heterocycles. The lowest BCUT2D eigenvalue weighted by Crippen LogP contribution is -2.70. The van der Waals surface area contributed by atoms with E-state index in [1.165, 1.54) is 6.92 Å². The minimum absolute atomic E-state index is 0.242. The molecule has 0 bridgehead atoms. The fraction of sp³-hybridized carbons (Fsp3) is 0.714. The first-order valence-corrected chi connectivity index (χ1v) is 6.78. The van der Waals surface area contributed by atoms with E-state index in [1.54, 1.807) is 18.2 Å². The molecule has 0 aromatic heterocycles. The number of rotatable bonds is 1. The van der Waals surface area contributed by atoms with E-state index in [-0.39, 0.29) is 6.42 Å². The summed E-state index contributed by atoms with van der Waals surface area (Å²) in [6.45, 7) is 1.41. The smallest absolute Gasteiger partial charge is 0.241 e. The Bertz CT molecular complexity index is 585. The zero-order chi connectivity index (χ0) is 15.9. The van der Waals surface area contributed by atoms with Gasteiger partial charge in [-0.25, -0.2) is 0 Å². The summed E-state index contributed by atoms with van der Waals surface area (Å²) in [5.74, 6) is -3.76. The van der Waals surface area contributed by atoms with Crippen LogP contribution in [0.5, 0.6) is 0 Å². The molecule has 2 aliphatic rings. The SMILES string of the molecule is C[C@@H]1O[C@]2(O)CCCC[C@@H]2[C@@](C#N)(C(N)=O)C1(C#N)C#N. The number of amides is 1. The first-order chi connectivity index (χ1) is 9.84. The summed E-state index contributed by atoms with van der Waals surface area (Å²) in [4.78, 5) is 12.1. The van der Waals surface area contributed by atoms with Gasteiger partial charge in [0, 0.05) is 12.3 Å². The minimum atomic E-state index is -2.09. The highest BCUT2D eigenvalue weighted by Gasteiger charge is 2.73. The highest BCUT2D eigenvalue weighted by Crippen LogP contribution is 2.59. The monoisotopic (exact) mass is 288 g/mol. The number of fused-ring (bicyclic) bond motifs is 1. The van der Waals surface area contributed by atoms with Crippen LogP contribution >= 0.6 is 0 Å². The van der Waals surface area contributed by atoms with Gasteiger partial charge in [0.15, 0.2) is 16.6 Å². The molecule has 1 amide bonds. The van der Waals surface area contributed by atoms with Crippen LogP contribution in [0.2, 0.25) is 0 Å². The van der Waals surface area contributed by atoms with Crippen molar-refractivity contribution >= 4 is 5.91 Å². The quantitative estimate of drug-likeness (QED) is 0.710. The Balaban J connectivity index is 2.77. The van der Waals surface area contributed by atoms with Gasteiger partial charge in [0.2, 0.25) is 5.91 Å². The van der Waals surface area contributed by atoms with Crippen LogP contribution in [0.1, 0.15) is 32.6 Å². The van der Waals surface area contributed by atoms with Crippen LogP contribution in [-0.4, -0.2) is 22.9 Å². The second kappa shape index (κ2) is 4.70. The average Bonchev–Trinajstić information content (AvgIpc) is 2.45. The Morgan fingerprint density at radius 3 is 2.38 bits per heavy atom. The van der Waals surface area contributed by atoms with Crippen LogP contribution in [0.25, 0.3) is 0 Å². The van der Waals surface area contributed by atoms with Crippen molar-refractivity contribution in [1.82, 2.24) is 0 Å². The van der Waals surface area contributed by atoms with E-state index in [0.717, 1.165) is 0 Å². The average molecular weight is 288 g/mol. The number of nitrogens with two attached hydrogens (primary N) is 1. The largest absolute Gasteiger partial charge is 0.368 e. The van der Waals surface area contributed by atoms with E-state index in [0.29, 0.717) is 19.3 Å². The summed E-state index contributed by atoms with van der Waals surface area (Å²) in [6, 6.07) is 5.34. The lowest BCUT2D eigenvalue weighted by molar-refractivity contribution is -0.332. The van der Waals surface area contributed by atoms with Crippen molar-refractivity contribution in [2.45, 2.75) is 44.5 Å². The van der Waals surface area contributed by atoms with Gasteiger partial charge >= 0.3 is 0 Å². The second-order valence-electron chi connectivity index (χ2n) is 5.72. The van der Waals surface area contributed by atoms with Crippen LogP contribution < -0.4 is 5.73 Å². The Hall–Kier alpha value is -2.14. The highest BCUT2D eigenvalue weighted by atomic mass is 16.6. The molecule has 7 heteroatoms. The van der Waals surface area contributed by atoms with Gasteiger partial charge in [0.25, 0.3) is 0 Å². The Kier molecular flexibility index (Phi) is 3.41. The number of carbonyl (C=O) groups excluding carboxylic acids is 1. The third kappa shape index (κ3) is 1.61. The van der Waals surface area contributed by atoms with Crippen LogP contribution in [-0.2, 0) is 9.53 Å². The molecule has 2 rings (SSSR count). The fourth-order valence-electron chi connectivity index (χ4n) is 3.78. The standard InChI is InChI=1S/C14H16N4O3/c1-9-12(6-15,7-16)13(8-17,11(18)19)10-4-2-3-5-14(10,20)21-9/h9-10,20H,2-5H2,1H3,(H2,18,19)/t9-,10+,13-,14+/m0/s1. The number of carbonyl (C=O) groups is 1. The zero-order valence-electron chi connectivity index (χ0n) is 11.7. The number of nitrogens with zero attached hydrogens (tertiary/aromatic N) is 3. The van der Waals surface area contributed by atoms with Crippen LogP contribution in [0.3, 0.4) is 0 Å². The van der Waals surface area contributed by atoms with Gasteiger partial charge in [-0.3, -0.25) is 4.79 Å². The van der Waals surface area contributed by atoms with Gasteiger partial charge in [0.05, 0.1) is 24.3 Å². The Morgan fingerprint density at radius 1 is 1.29 bits per heavy atom. The maximum absolute atomic E-state index is 12.1. The third-order valence-corrected chi connectivity index (χ3v) is 4.88. The minimum Gasteiger partial charge on any atom is -0.368 e. The van der Waals surface area contributed by atoms with E-state index in [9.17, 15) is 25.7 Å². The van der Waals surface area contributed by atoms with Crippen molar-refractivity contribution in [1.29, 1.82) is 15.8 Å². The van der Waals surface area contributed by atoms with Crippen molar-refractivity contribution in [3.8, 4) is 18.2 Å². The maximum atomic E-state index is 12.1. The molecule has 4 atom stereocenters. The molecule has 0 aromatic carbocycles. The van der Waals surface area contributed by atoms with E-state index in [1.807, 2.05) is 0 Å². The Morgan fingerprint density at radius 2 is 1.90 bits per heavy atom. The van der Waals surface area contributed by atoms with Crippen molar-refractivity contribution in [3.63, 3.8) is 0 Å². The molecule has 0 aromatic rings. The van der Waals surface area contributed by atoms with Crippen molar-refractivity contribution in [2.24, 2.45) is 22.5 Å². The van der Waals surface area contributed by atoms with Gasteiger partial charge in [0.1, 0.15) is 0 Å². The first-order valence-electron chi connectivity index (χ1n) is 6.78. The Labute approximate surface area is 122 Å². The van der Waals surface area contributed by atoms with Crippen molar-refractivity contribution < 1.29 is 14.6 Å². The number of nitriles is 3. The van der Waals surface area contributed by atoms with E-state index < -0.39 is 34.5 Å². The summed E-state index contributed by atoms with van der Waals surface area (Å²) in [5.41, 5.74) is 1.30. The predicted molar refractivity (Wildman–Crippen MR) is 68.4 cm³/mol. The van der Waals surface area contributed by atoms with E-state index in [4.69, 9.17) is 10.5 Å². The molecule has 1 saturated carbocycles. The molecule has 21 heavy (non-hydrogen) atoms. The zero-order valence-corrected chi connectivity index (χ0v) is 11.7. The molecule has 2 fully saturated rings. The molecule has 1 aliphatic carbocycles. The van der Waals surface area contributed by atoms with Crippen LogP contribution in [0, 0.1) is 50.7 Å². The van der Waals surface area contributed by atoms with Gasteiger partial charge in [-0.05, 0) is 19.8 Å².